The van der Waals surface area contributed by atoms with Gasteiger partial charge < -0.3 is 25.6 Å². The summed E-state index contributed by atoms with van der Waals surface area (Å²) in [6.45, 7) is 5.79. The average Bonchev–Trinajstić information content (AvgIpc) is 2.63. The topological polar surface area (TPSA) is 117 Å². The minimum Gasteiger partial charge on any atom is -0.444 e. The van der Waals surface area contributed by atoms with Crippen LogP contribution in [0.5, 0.6) is 0 Å². The van der Waals surface area contributed by atoms with Gasteiger partial charge in [0.2, 0.25) is 6.41 Å². The summed E-state index contributed by atoms with van der Waals surface area (Å²) in [5.74, 6) is -1.64. The number of halogens is 1. The Bertz CT molecular complexity index is 763. The van der Waals surface area contributed by atoms with E-state index >= 15 is 0 Å². The molecular weight excluding hydrogens is 444 g/mol. The van der Waals surface area contributed by atoms with Crippen molar-refractivity contribution in [1.29, 1.82) is 0 Å². The summed E-state index contributed by atoms with van der Waals surface area (Å²) in [5.41, 5.74) is -0.209. The average molecular weight is 469 g/mol. The third-order valence-electron chi connectivity index (χ3n) is 4.12. The minimum absolute atomic E-state index is 0.196. The molecule has 2 atom stereocenters. The molecule has 1 aliphatic heterocycles. The number of likely N-dealkylation sites (tertiary alicyclic amines) is 1. The van der Waals surface area contributed by atoms with Crippen LogP contribution >= 0.6 is 15.9 Å². The number of amides is 4. The molecule has 1 saturated heterocycles. The maximum atomic E-state index is 12.3. The summed E-state index contributed by atoms with van der Waals surface area (Å²) in [4.78, 5) is 49.3. The predicted molar refractivity (Wildman–Crippen MR) is 110 cm³/mol. The fraction of sp³-hybridized carbons (Fsp3) is 0.474. The van der Waals surface area contributed by atoms with Crippen LogP contribution in [0.4, 0.5) is 10.5 Å². The second-order valence-electron chi connectivity index (χ2n) is 7.68. The second kappa shape index (κ2) is 9.73. The summed E-state index contributed by atoms with van der Waals surface area (Å²) >= 11 is 3.30. The maximum absolute atomic E-state index is 12.3. The molecule has 1 aliphatic rings. The van der Waals surface area contributed by atoms with Crippen LogP contribution < -0.4 is 16.0 Å². The molecule has 0 bridgehead atoms. The van der Waals surface area contributed by atoms with E-state index in [-0.39, 0.29) is 6.54 Å². The van der Waals surface area contributed by atoms with E-state index in [2.05, 4.69) is 31.9 Å². The zero-order valence-electron chi connectivity index (χ0n) is 16.5. The minimum atomic E-state index is -0.825. The van der Waals surface area contributed by atoms with Gasteiger partial charge in [-0.15, -0.1) is 0 Å². The predicted octanol–water partition coefficient (Wildman–Crippen LogP) is 1.63. The van der Waals surface area contributed by atoms with Gasteiger partial charge in [0.05, 0.1) is 12.1 Å². The van der Waals surface area contributed by atoms with E-state index in [1.54, 1.807) is 45.0 Å². The van der Waals surface area contributed by atoms with Crippen LogP contribution in [0.3, 0.4) is 0 Å². The van der Waals surface area contributed by atoms with Crippen molar-refractivity contribution in [1.82, 2.24) is 15.5 Å². The number of piperidine rings is 1. The van der Waals surface area contributed by atoms with E-state index in [1.807, 2.05) is 0 Å². The van der Waals surface area contributed by atoms with Crippen molar-refractivity contribution in [3.8, 4) is 0 Å². The van der Waals surface area contributed by atoms with Gasteiger partial charge in [-0.2, -0.15) is 0 Å². The van der Waals surface area contributed by atoms with E-state index in [0.29, 0.717) is 25.1 Å². The van der Waals surface area contributed by atoms with Gasteiger partial charge in [-0.3, -0.25) is 14.4 Å². The van der Waals surface area contributed by atoms with Crippen molar-refractivity contribution in [2.75, 3.05) is 18.4 Å². The third kappa shape index (κ3) is 7.37. The monoisotopic (exact) mass is 468 g/mol. The lowest BCUT2D eigenvalue weighted by Crippen LogP contribution is -2.61. The number of ether oxygens (including phenoxy) is 1. The van der Waals surface area contributed by atoms with Crippen LogP contribution in [0.2, 0.25) is 0 Å². The molecular formula is C19H25BrN4O5. The fourth-order valence-electron chi connectivity index (χ4n) is 2.81. The molecule has 0 radical (unpaired) electrons. The van der Waals surface area contributed by atoms with E-state index in [9.17, 15) is 19.2 Å². The van der Waals surface area contributed by atoms with Crippen molar-refractivity contribution >= 4 is 45.9 Å². The molecule has 0 aromatic heterocycles. The van der Waals surface area contributed by atoms with E-state index in [4.69, 9.17) is 4.74 Å². The zero-order chi connectivity index (χ0) is 21.6. The van der Waals surface area contributed by atoms with E-state index in [0.717, 1.165) is 4.47 Å². The van der Waals surface area contributed by atoms with Crippen molar-refractivity contribution < 1.29 is 23.9 Å². The molecule has 10 heteroatoms. The molecule has 0 unspecified atom stereocenters. The van der Waals surface area contributed by atoms with Crippen LogP contribution in [0.15, 0.2) is 28.7 Å². The summed E-state index contributed by atoms with van der Waals surface area (Å²) < 4.78 is 6.09. The largest absolute Gasteiger partial charge is 0.444 e. The summed E-state index contributed by atoms with van der Waals surface area (Å²) in [7, 11) is 0. The first-order valence-electron chi connectivity index (χ1n) is 9.13. The molecule has 1 fully saturated rings. The molecule has 29 heavy (non-hydrogen) atoms. The van der Waals surface area contributed by atoms with Gasteiger partial charge in [0.15, 0.2) is 0 Å². The molecule has 1 heterocycles. The molecule has 1 aromatic carbocycles. The molecule has 158 valence electrons. The number of carbonyl (C=O) groups is 4. The van der Waals surface area contributed by atoms with E-state index < -0.39 is 35.6 Å². The first kappa shape index (κ1) is 22.7. The highest BCUT2D eigenvalue weighted by atomic mass is 79.9. The lowest BCUT2D eigenvalue weighted by molar-refractivity contribution is -0.137. The summed E-state index contributed by atoms with van der Waals surface area (Å²) in [5, 5.41) is 7.83. The van der Waals surface area contributed by atoms with Crippen molar-refractivity contribution in [3.63, 3.8) is 0 Å². The molecule has 3 N–H and O–H groups in total. The second-order valence-corrected chi connectivity index (χ2v) is 8.60. The van der Waals surface area contributed by atoms with Crippen molar-refractivity contribution in [2.45, 2.75) is 44.9 Å². The number of nitrogens with one attached hydrogen (secondary N) is 3. The number of carbonyl (C=O) groups excluding carboxylic acids is 4. The number of rotatable bonds is 4. The number of anilines is 1. The van der Waals surface area contributed by atoms with Gasteiger partial charge in [0, 0.05) is 23.2 Å². The van der Waals surface area contributed by atoms with Crippen LogP contribution in [0, 0.1) is 0 Å². The highest BCUT2D eigenvalue weighted by Gasteiger charge is 2.33. The standard InChI is InChI=1S/C19H25BrN4O5/c1-19(2,3)29-18(28)23-15-10-24(11-25)9-8-14(15)22-17(27)16(26)21-13-6-4-12(20)5-7-13/h4-7,11,14-15H,8-10H2,1-3H3,(H,21,26)(H,22,27)(H,23,28)/t14-,15+/m0/s1. The van der Waals surface area contributed by atoms with Crippen LogP contribution in [0.25, 0.3) is 0 Å². The number of alkyl carbamates (subject to hydrolysis) is 1. The smallest absolute Gasteiger partial charge is 0.408 e. The summed E-state index contributed by atoms with van der Waals surface area (Å²) in [6, 6.07) is 5.68. The Hall–Kier alpha value is -2.62. The van der Waals surface area contributed by atoms with Gasteiger partial charge in [0.1, 0.15) is 5.60 Å². The van der Waals surface area contributed by atoms with Gasteiger partial charge in [-0.05, 0) is 51.5 Å². The molecule has 0 aliphatic carbocycles. The zero-order valence-corrected chi connectivity index (χ0v) is 18.1. The molecule has 4 amide bonds. The van der Waals surface area contributed by atoms with Gasteiger partial charge in [-0.25, -0.2) is 4.79 Å². The lowest BCUT2D eigenvalue weighted by atomic mass is 9.99. The van der Waals surface area contributed by atoms with E-state index in [1.165, 1.54) is 4.90 Å². The summed E-state index contributed by atoms with van der Waals surface area (Å²) in [6.07, 6.45) is 0.410. The highest BCUT2D eigenvalue weighted by Crippen LogP contribution is 2.15. The Morgan fingerprint density at radius 1 is 1.10 bits per heavy atom. The number of benzene rings is 1. The van der Waals surface area contributed by atoms with Gasteiger partial charge >= 0.3 is 17.9 Å². The Labute approximate surface area is 177 Å². The number of hydrogen-bond acceptors (Lipinski definition) is 5. The SMILES string of the molecule is CC(C)(C)OC(=O)N[C@@H]1CN(C=O)CC[C@@H]1NC(=O)C(=O)Nc1ccc(Br)cc1. The molecule has 0 saturated carbocycles. The first-order chi connectivity index (χ1) is 13.6. The quantitative estimate of drug-likeness (QED) is 0.458. The van der Waals surface area contributed by atoms with Crippen molar-refractivity contribution in [3.05, 3.63) is 28.7 Å². The fourth-order valence-corrected chi connectivity index (χ4v) is 3.07. The number of hydrogen-bond donors (Lipinski definition) is 3. The molecule has 0 spiro atoms. The number of nitrogens with zero attached hydrogens (tertiary/aromatic N) is 1. The van der Waals surface area contributed by atoms with Gasteiger partial charge in [0.25, 0.3) is 0 Å². The lowest BCUT2D eigenvalue weighted by Gasteiger charge is -2.37. The maximum Gasteiger partial charge on any atom is 0.408 e. The molecule has 2 rings (SSSR count). The Kier molecular flexibility index (Phi) is 7.60. The van der Waals surface area contributed by atoms with Gasteiger partial charge in [-0.1, -0.05) is 15.9 Å². The molecule has 9 nitrogen and oxygen atoms in total. The Morgan fingerprint density at radius 3 is 2.34 bits per heavy atom. The van der Waals surface area contributed by atoms with Crippen LogP contribution in [-0.4, -0.2) is 60.0 Å². The van der Waals surface area contributed by atoms with Crippen LogP contribution in [-0.2, 0) is 19.1 Å². The Balaban J connectivity index is 1.99. The van der Waals surface area contributed by atoms with Crippen molar-refractivity contribution in [2.24, 2.45) is 0 Å². The molecule has 1 aromatic rings. The third-order valence-corrected chi connectivity index (χ3v) is 4.65. The first-order valence-corrected chi connectivity index (χ1v) is 9.93. The Morgan fingerprint density at radius 2 is 1.76 bits per heavy atom. The normalized spacial score (nSPS) is 19.1. The van der Waals surface area contributed by atoms with Crippen LogP contribution in [0.1, 0.15) is 27.2 Å². The highest BCUT2D eigenvalue weighted by molar-refractivity contribution is 9.10.